The highest BCUT2D eigenvalue weighted by molar-refractivity contribution is 8.00. The van der Waals surface area contributed by atoms with Crippen molar-refractivity contribution in [2.24, 2.45) is 5.92 Å². The highest BCUT2D eigenvalue weighted by Crippen LogP contribution is 2.41. The summed E-state index contributed by atoms with van der Waals surface area (Å²) in [7, 11) is 0. The summed E-state index contributed by atoms with van der Waals surface area (Å²) in [6, 6.07) is 27.0. The fourth-order valence-electron chi connectivity index (χ4n) is 3.48. The molecule has 1 heterocycles. The van der Waals surface area contributed by atoms with E-state index < -0.39 is 0 Å². The maximum atomic E-state index is 12.9. The summed E-state index contributed by atoms with van der Waals surface area (Å²) in [5.41, 5.74) is 2.84. The second-order valence-corrected chi connectivity index (χ2v) is 8.32. The van der Waals surface area contributed by atoms with E-state index in [2.05, 4.69) is 5.32 Å². The number of carbonyl (C=O) groups is 2. The van der Waals surface area contributed by atoms with Crippen molar-refractivity contribution < 1.29 is 9.59 Å². The summed E-state index contributed by atoms with van der Waals surface area (Å²) in [6.07, 6.45) is 0.623. The molecule has 5 heteroatoms. The van der Waals surface area contributed by atoms with Crippen LogP contribution in [0.2, 0.25) is 0 Å². The van der Waals surface area contributed by atoms with Crippen molar-refractivity contribution >= 4 is 29.4 Å². The van der Waals surface area contributed by atoms with E-state index in [0.717, 1.165) is 16.0 Å². The Morgan fingerprint density at radius 2 is 1.66 bits per heavy atom. The molecule has 1 N–H and O–H groups in total. The SMILES string of the molecule is Cc1cccc(NC(=O)N2C(=O)C(Cc3ccccc3)C2Sc2ccccc2)c1. The number of β-lactam (4-membered cyclic amide) rings is 1. The number of urea groups is 1. The Hall–Kier alpha value is -3.05. The van der Waals surface area contributed by atoms with Gasteiger partial charge in [0.1, 0.15) is 5.37 Å². The summed E-state index contributed by atoms with van der Waals surface area (Å²) < 4.78 is 0. The van der Waals surface area contributed by atoms with Crippen LogP contribution in [0, 0.1) is 12.8 Å². The molecule has 4 nitrogen and oxygen atoms in total. The number of aryl methyl sites for hydroxylation is 1. The smallest absolute Gasteiger partial charge is 0.307 e. The zero-order valence-corrected chi connectivity index (χ0v) is 16.9. The number of nitrogens with zero attached hydrogens (tertiary/aromatic N) is 1. The van der Waals surface area contributed by atoms with E-state index in [9.17, 15) is 9.59 Å². The lowest BCUT2D eigenvalue weighted by Gasteiger charge is -2.45. The predicted octanol–water partition coefficient (Wildman–Crippen LogP) is 5.35. The minimum Gasteiger partial charge on any atom is -0.307 e. The van der Waals surface area contributed by atoms with E-state index >= 15 is 0 Å². The Labute approximate surface area is 174 Å². The van der Waals surface area contributed by atoms with Crippen LogP contribution < -0.4 is 5.32 Å². The van der Waals surface area contributed by atoms with Crippen molar-refractivity contribution in [3.05, 3.63) is 96.1 Å². The number of benzene rings is 3. The van der Waals surface area contributed by atoms with Gasteiger partial charge in [-0.15, -0.1) is 0 Å². The molecule has 0 radical (unpaired) electrons. The molecule has 1 fully saturated rings. The molecule has 0 aromatic heterocycles. The van der Waals surface area contributed by atoms with E-state index in [1.807, 2.05) is 91.9 Å². The normalized spacial score (nSPS) is 18.2. The molecule has 3 aromatic carbocycles. The van der Waals surface area contributed by atoms with E-state index in [4.69, 9.17) is 0 Å². The molecule has 0 saturated carbocycles. The van der Waals surface area contributed by atoms with Crippen molar-refractivity contribution in [2.45, 2.75) is 23.6 Å². The van der Waals surface area contributed by atoms with Crippen LogP contribution in [-0.2, 0) is 11.2 Å². The second kappa shape index (κ2) is 8.53. The van der Waals surface area contributed by atoms with Crippen LogP contribution >= 0.6 is 11.8 Å². The quantitative estimate of drug-likeness (QED) is 0.586. The average molecular weight is 403 g/mol. The van der Waals surface area contributed by atoms with Gasteiger partial charge in [0, 0.05) is 10.6 Å². The van der Waals surface area contributed by atoms with Crippen LogP contribution in [0.3, 0.4) is 0 Å². The number of anilines is 1. The number of amides is 3. The number of carbonyl (C=O) groups excluding carboxylic acids is 2. The van der Waals surface area contributed by atoms with Gasteiger partial charge in [-0.3, -0.25) is 4.79 Å². The lowest BCUT2D eigenvalue weighted by atomic mass is 9.91. The molecule has 2 unspecified atom stereocenters. The van der Waals surface area contributed by atoms with Crippen molar-refractivity contribution in [3.8, 4) is 0 Å². The lowest BCUT2D eigenvalue weighted by Crippen LogP contribution is -2.63. The first kappa shape index (κ1) is 19.3. The first-order valence-corrected chi connectivity index (χ1v) is 10.5. The van der Waals surface area contributed by atoms with Gasteiger partial charge < -0.3 is 5.32 Å². The number of rotatable bonds is 5. The van der Waals surface area contributed by atoms with Crippen molar-refractivity contribution in [1.82, 2.24) is 4.90 Å². The molecule has 3 aromatic rings. The summed E-state index contributed by atoms with van der Waals surface area (Å²) in [5.74, 6) is -0.363. The van der Waals surface area contributed by atoms with Gasteiger partial charge in [0.05, 0.1) is 5.92 Å². The Balaban J connectivity index is 1.54. The average Bonchev–Trinajstić information content (AvgIpc) is 2.73. The fourth-order valence-corrected chi connectivity index (χ4v) is 4.75. The molecular weight excluding hydrogens is 380 g/mol. The van der Waals surface area contributed by atoms with Crippen molar-refractivity contribution in [2.75, 3.05) is 5.32 Å². The van der Waals surface area contributed by atoms with Crippen LogP contribution in [0.15, 0.2) is 89.8 Å². The third-order valence-electron chi connectivity index (χ3n) is 4.94. The largest absolute Gasteiger partial charge is 0.329 e. The molecule has 1 aliphatic heterocycles. The molecule has 4 rings (SSSR count). The molecule has 3 amide bonds. The van der Waals surface area contributed by atoms with Gasteiger partial charge in [0.15, 0.2) is 0 Å². The van der Waals surface area contributed by atoms with Gasteiger partial charge >= 0.3 is 6.03 Å². The summed E-state index contributed by atoms with van der Waals surface area (Å²) in [5, 5.41) is 2.63. The fraction of sp³-hybridized carbons (Fsp3) is 0.167. The Morgan fingerprint density at radius 3 is 2.34 bits per heavy atom. The predicted molar refractivity (Wildman–Crippen MR) is 117 cm³/mol. The van der Waals surface area contributed by atoms with Gasteiger partial charge in [-0.2, -0.15) is 0 Å². The van der Waals surface area contributed by atoms with E-state index in [0.29, 0.717) is 12.1 Å². The van der Waals surface area contributed by atoms with Crippen LogP contribution in [0.5, 0.6) is 0 Å². The van der Waals surface area contributed by atoms with Crippen LogP contribution in [0.25, 0.3) is 0 Å². The second-order valence-electron chi connectivity index (χ2n) is 7.13. The first-order valence-electron chi connectivity index (χ1n) is 9.58. The minimum atomic E-state index is -0.377. The maximum Gasteiger partial charge on any atom is 0.329 e. The third-order valence-corrected chi connectivity index (χ3v) is 6.27. The third kappa shape index (κ3) is 4.35. The van der Waals surface area contributed by atoms with Crippen molar-refractivity contribution in [3.63, 3.8) is 0 Å². The molecule has 1 aliphatic rings. The van der Waals surface area contributed by atoms with E-state index in [1.165, 1.54) is 4.90 Å². The highest BCUT2D eigenvalue weighted by atomic mass is 32.2. The Morgan fingerprint density at radius 1 is 0.966 bits per heavy atom. The summed E-state index contributed by atoms with van der Waals surface area (Å²) >= 11 is 1.56. The molecule has 146 valence electrons. The van der Waals surface area contributed by atoms with Crippen LogP contribution in [-0.4, -0.2) is 22.2 Å². The number of nitrogens with one attached hydrogen (secondary N) is 1. The molecule has 0 spiro atoms. The molecule has 29 heavy (non-hydrogen) atoms. The standard InChI is InChI=1S/C24H22N2O2S/c1-17-9-8-12-19(15-17)25-24(28)26-22(27)21(16-18-10-4-2-5-11-18)23(26)29-20-13-6-3-7-14-20/h2-15,21,23H,16H2,1H3,(H,25,28). The molecular formula is C24H22N2O2S. The first-order chi connectivity index (χ1) is 14.1. The zero-order valence-electron chi connectivity index (χ0n) is 16.1. The zero-order chi connectivity index (χ0) is 20.2. The lowest BCUT2D eigenvalue weighted by molar-refractivity contribution is -0.144. The van der Waals surface area contributed by atoms with Gasteiger partial charge in [-0.1, -0.05) is 72.4 Å². The minimum absolute atomic E-state index is 0.132. The van der Waals surface area contributed by atoms with Gasteiger partial charge in [0.2, 0.25) is 5.91 Å². The van der Waals surface area contributed by atoms with E-state index in [-0.39, 0.29) is 23.2 Å². The van der Waals surface area contributed by atoms with Gasteiger partial charge in [-0.25, -0.2) is 9.69 Å². The monoisotopic (exact) mass is 402 g/mol. The number of imide groups is 1. The number of likely N-dealkylation sites (tertiary alicyclic amines) is 1. The Kier molecular flexibility index (Phi) is 5.67. The molecule has 0 bridgehead atoms. The number of thioether (sulfide) groups is 1. The van der Waals surface area contributed by atoms with Crippen LogP contribution in [0.4, 0.5) is 10.5 Å². The molecule has 2 atom stereocenters. The van der Waals surface area contributed by atoms with Crippen LogP contribution in [0.1, 0.15) is 11.1 Å². The van der Waals surface area contributed by atoms with Gasteiger partial charge in [0.25, 0.3) is 0 Å². The number of hydrogen-bond acceptors (Lipinski definition) is 3. The molecule has 0 aliphatic carbocycles. The topological polar surface area (TPSA) is 49.4 Å². The van der Waals surface area contributed by atoms with E-state index in [1.54, 1.807) is 11.8 Å². The summed E-state index contributed by atoms with van der Waals surface area (Å²) in [4.78, 5) is 28.2. The number of hydrogen-bond donors (Lipinski definition) is 1. The maximum absolute atomic E-state index is 12.9. The van der Waals surface area contributed by atoms with Gasteiger partial charge in [-0.05, 0) is 48.7 Å². The molecule has 1 saturated heterocycles. The highest BCUT2D eigenvalue weighted by Gasteiger charge is 2.51. The van der Waals surface area contributed by atoms with Crippen molar-refractivity contribution in [1.29, 1.82) is 0 Å². The summed E-state index contributed by atoms with van der Waals surface area (Å²) in [6.45, 7) is 1.97. The Bertz CT molecular complexity index is 1010.